The standard InChI is InChI=1S/C11H12ClN3.CH4O/c1-7-11(12)15-10-5-8(6-13-2)3-4-9(10)14-7;1-2/h3-5,13H,6H2,1-2H3;2H,1H3. The first-order valence-corrected chi connectivity index (χ1v) is 5.60. The van der Waals surface area contributed by atoms with E-state index in [0.717, 1.165) is 30.4 Å². The maximum atomic E-state index is 7.00. The molecule has 0 spiro atoms. The average Bonchev–Trinajstić information content (AvgIpc) is 2.34. The topological polar surface area (TPSA) is 58.0 Å². The number of aliphatic hydroxyl groups is 1. The highest BCUT2D eigenvalue weighted by molar-refractivity contribution is 6.30. The summed E-state index contributed by atoms with van der Waals surface area (Å²) in [5.74, 6) is 0. The van der Waals surface area contributed by atoms with Crippen LogP contribution in [0.25, 0.3) is 11.0 Å². The molecule has 0 bridgehead atoms. The van der Waals surface area contributed by atoms with E-state index in [0.29, 0.717) is 5.15 Å². The van der Waals surface area contributed by atoms with Crippen molar-refractivity contribution in [3.8, 4) is 0 Å². The van der Waals surface area contributed by atoms with Gasteiger partial charge in [0.2, 0.25) is 0 Å². The van der Waals surface area contributed by atoms with Crippen LogP contribution in [0.4, 0.5) is 0 Å². The van der Waals surface area contributed by atoms with Crippen LogP contribution in [-0.2, 0) is 6.54 Å². The summed E-state index contributed by atoms with van der Waals surface area (Å²) in [6, 6.07) is 6.02. The van der Waals surface area contributed by atoms with Gasteiger partial charge in [0.1, 0.15) is 0 Å². The Kier molecular flexibility index (Phi) is 5.28. The SMILES string of the molecule is CNCc1ccc2nc(C)c(Cl)nc2c1.CO. The summed E-state index contributed by atoms with van der Waals surface area (Å²) in [7, 11) is 2.91. The molecule has 5 heteroatoms. The van der Waals surface area contributed by atoms with Crippen molar-refractivity contribution in [2.75, 3.05) is 14.2 Å². The third kappa shape index (κ3) is 3.36. The van der Waals surface area contributed by atoms with E-state index in [4.69, 9.17) is 16.7 Å². The van der Waals surface area contributed by atoms with Crippen LogP contribution in [0.1, 0.15) is 11.3 Å². The van der Waals surface area contributed by atoms with E-state index < -0.39 is 0 Å². The molecule has 0 fully saturated rings. The summed E-state index contributed by atoms with van der Waals surface area (Å²) in [5.41, 5.74) is 3.68. The molecule has 0 aliphatic rings. The minimum atomic E-state index is 0.476. The molecule has 2 N–H and O–H groups in total. The van der Waals surface area contributed by atoms with Crippen molar-refractivity contribution in [3.05, 3.63) is 34.6 Å². The van der Waals surface area contributed by atoms with Crippen molar-refractivity contribution in [2.24, 2.45) is 0 Å². The van der Waals surface area contributed by atoms with Gasteiger partial charge < -0.3 is 10.4 Å². The van der Waals surface area contributed by atoms with Gasteiger partial charge in [-0.15, -0.1) is 0 Å². The molecule has 0 unspecified atom stereocenters. The van der Waals surface area contributed by atoms with E-state index in [2.05, 4.69) is 15.3 Å². The molecule has 2 rings (SSSR count). The summed E-state index contributed by atoms with van der Waals surface area (Å²) in [5, 5.41) is 10.6. The summed E-state index contributed by atoms with van der Waals surface area (Å²) in [6.07, 6.45) is 0. The molecule has 0 atom stereocenters. The number of aromatic nitrogens is 2. The molecular weight excluding hydrogens is 238 g/mol. The van der Waals surface area contributed by atoms with Crippen molar-refractivity contribution in [3.63, 3.8) is 0 Å². The van der Waals surface area contributed by atoms with Gasteiger partial charge in [0.25, 0.3) is 0 Å². The molecule has 0 aliphatic heterocycles. The van der Waals surface area contributed by atoms with Gasteiger partial charge >= 0.3 is 0 Å². The second kappa shape index (κ2) is 6.49. The lowest BCUT2D eigenvalue weighted by Gasteiger charge is -2.03. The molecule has 0 amide bonds. The number of rotatable bonds is 2. The fourth-order valence-corrected chi connectivity index (χ4v) is 1.61. The molecule has 0 aliphatic carbocycles. The quantitative estimate of drug-likeness (QED) is 0.859. The van der Waals surface area contributed by atoms with Gasteiger partial charge in [-0.25, -0.2) is 9.97 Å². The van der Waals surface area contributed by atoms with Crippen LogP contribution in [0.15, 0.2) is 18.2 Å². The Morgan fingerprint density at radius 2 is 1.94 bits per heavy atom. The van der Waals surface area contributed by atoms with Gasteiger partial charge in [-0.05, 0) is 31.7 Å². The number of aryl methyl sites for hydroxylation is 1. The molecule has 0 saturated heterocycles. The number of hydrogen-bond acceptors (Lipinski definition) is 4. The van der Waals surface area contributed by atoms with Gasteiger partial charge in [-0.3, -0.25) is 0 Å². The molecule has 17 heavy (non-hydrogen) atoms. The summed E-state index contributed by atoms with van der Waals surface area (Å²) in [4.78, 5) is 8.65. The van der Waals surface area contributed by atoms with E-state index in [9.17, 15) is 0 Å². The maximum absolute atomic E-state index is 7.00. The highest BCUT2D eigenvalue weighted by atomic mass is 35.5. The van der Waals surface area contributed by atoms with Gasteiger partial charge in [0.15, 0.2) is 5.15 Å². The molecule has 92 valence electrons. The van der Waals surface area contributed by atoms with Crippen molar-refractivity contribution in [1.82, 2.24) is 15.3 Å². The van der Waals surface area contributed by atoms with Crippen LogP contribution in [-0.4, -0.2) is 29.2 Å². The Hall–Kier alpha value is -1.23. The second-order valence-electron chi connectivity index (χ2n) is 3.45. The van der Waals surface area contributed by atoms with E-state index >= 15 is 0 Å². The normalized spacial score (nSPS) is 9.94. The number of benzene rings is 1. The van der Waals surface area contributed by atoms with Crippen molar-refractivity contribution in [2.45, 2.75) is 13.5 Å². The Labute approximate surface area is 106 Å². The lowest BCUT2D eigenvalue weighted by molar-refractivity contribution is 0.399. The maximum Gasteiger partial charge on any atom is 0.150 e. The van der Waals surface area contributed by atoms with E-state index in [1.807, 2.05) is 32.2 Å². The number of fused-ring (bicyclic) bond motifs is 1. The van der Waals surface area contributed by atoms with Gasteiger partial charge in [0, 0.05) is 13.7 Å². The zero-order chi connectivity index (χ0) is 12.8. The number of hydrogen-bond donors (Lipinski definition) is 2. The third-order valence-corrected chi connectivity index (χ3v) is 2.58. The highest BCUT2D eigenvalue weighted by Crippen LogP contribution is 2.17. The lowest BCUT2D eigenvalue weighted by atomic mass is 10.2. The molecule has 2 aromatic rings. The predicted molar refractivity (Wildman–Crippen MR) is 70.2 cm³/mol. The number of nitrogens with zero attached hydrogens (tertiary/aromatic N) is 2. The molecule has 0 radical (unpaired) electrons. The van der Waals surface area contributed by atoms with E-state index in [1.54, 1.807) is 0 Å². The molecule has 1 heterocycles. The monoisotopic (exact) mass is 253 g/mol. The second-order valence-corrected chi connectivity index (χ2v) is 3.81. The van der Waals surface area contributed by atoms with Crippen LogP contribution in [0.3, 0.4) is 0 Å². The van der Waals surface area contributed by atoms with Crippen LogP contribution in [0, 0.1) is 6.92 Å². The first-order valence-electron chi connectivity index (χ1n) is 5.23. The summed E-state index contributed by atoms with van der Waals surface area (Å²) in [6.45, 7) is 2.68. The van der Waals surface area contributed by atoms with Crippen molar-refractivity contribution in [1.29, 1.82) is 0 Å². The summed E-state index contributed by atoms with van der Waals surface area (Å²) < 4.78 is 0. The van der Waals surface area contributed by atoms with Gasteiger partial charge in [-0.2, -0.15) is 0 Å². The Bertz CT molecular complexity index is 502. The largest absolute Gasteiger partial charge is 0.400 e. The minimum Gasteiger partial charge on any atom is -0.400 e. The molecule has 1 aromatic heterocycles. The average molecular weight is 254 g/mol. The number of nitrogens with one attached hydrogen (secondary N) is 1. The van der Waals surface area contributed by atoms with E-state index in [-0.39, 0.29) is 0 Å². The van der Waals surface area contributed by atoms with Crippen molar-refractivity contribution < 1.29 is 5.11 Å². The zero-order valence-electron chi connectivity index (χ0n) is 10.2. The highest BCUT2D eigenvalue weighted by Gasteiger charge is 2.03. The van der Waals surface area contributed by atoms with Gasteiger partial charge in [-0.1, -0.05) is 17.7 Å². The Balaban J connectivity index is 0.000000686. The minimum absolute atomic E-state index is 0.476. The van der Waals surface area contributed by atoms with E-state index in [1.165, 1.54) is 5.56 Å². The molecule has 1 aromatic carbocycles. The fraction of sp³-hybridized carbons (Fsp3) is 0.333. The van der Waals surface area contributed by atoms with Crippen LogP contribution in [0.5, 0.6) is 0 Å². The van der Waals surface area contributed by atoms with Crippen LogP contribution in [0.2, 0.25) is 5.15 Å². The summed E-state index contributed by atoms with van der Waals surface area (Å²) >= 11 is 5.93. The fourth-order valence-electron chi connectivity index (χ4n) is 1.48. The smallest absolute Gasteiger partial charge is 0.150 e. The lowest BCUT2D eigenvalue weighted by Crippen LogP contribution is -2.05. The number of aliphatic hydroxyl groups excluding tert-OH is 1. The van der Waals surface area contributed by atoms with Gasteiger partial charge in [0.05, 0.1) is 16.7 Å². The first-order chi connectivity index (χ1) is 8.20. The van der Waals surface area contributed by atoms with Crippen molar-refractivity contribution >= 4 is 22.6 Å². The molecule has 0 saturated carbocycles. The van der Waals surface area contributed by atoms with Crippen LogP contribution < -0.4 is 5.32 Å². The Morgan fingerprint density at radius 3 is 2.59 bits per heavy atom. The molecular formula is C12H16ClN3O. The molecule has 4 nitrogen and oxygen atoms in total. The first kappa shape index (κ1) is 13.8. The Morgan fingerprint density at radius 1 is 1.24 bits per heavy atom. The predicted octanol–water partition coefficient (Wildman–Crippen LogP) is 1.92. The van der Waals surface area contributed by atoms with Crippen LogP contribution >= 0.6 is 11.6 Å². The number of halogens is 1. The third-order valence-electron chi connectivity index (χ3n) is 2.23. The zero-order valence-corrected chi connectivity index (χ0v) is 10.9.